The maximum atomic E-state index is 13.8. The number of primary amides is 2. The number of likely N-dealkylation sites (tertiary alicyclic amines) is 1. The van der Waals surface area contributed by atoms with Crippen molar-refractivity contribution in [2.24, 2.45) is 11.5 Å². The van der Waals surface area contributed by atoms with Gasteiger partial charge < -0.3 is 32.3 Å². The van der Waals surface area contributed by atoms with Gasteiger partial charge in [-0.1, -0.05) is 42.5 Å². The van der Waals surface area contributed by atoms with E-state index in [2.05, 4.69) is 16.0 Å². The van der Waals surface area contributed by atoms with Gasteiger partial charge in [-0.15, -0.1) is 11.6 Å². The molecule has 3 rings (SSSR count). The molecule has 1 aliphatic heterocycles. The third-order valence-electron chi connectivity index (χ3n) is 7.85. The maximum Gasteiger partial charge on any atom is 0.245 e. The van der Waals surface area contributed by atoms with Gasteiger partial charge in [-0.3, -0.25) is 28.8 Å². The molecule has 0 aliphatic carbocycles. The molecule has 1 heterocycles. The van der Waals surface area contributed by atoms with Gasteiger partial charge >= 0.3 is 0 Å². The number of hydrogen-bond donors (Lipinski definition) is 5. The summed E-state index contributed by atoms with van der Waals surface area (Å²) in [6.45, 7) is 0.154. The molecule has 3 unspecified atom stereocenters. The van der Waals surface area contributed by atoms with Crippen LogP contribution in [0.15, 0.2) is 42.5 Å². The average molecular weight is 693 g/mol. The molecule has 1 aliphatic rings. The van der Waals surface area contributed by atoms with E-state index in [1.165, 1.54) is 4.90 Å². The van der Waals surface area contributed by atoms with Crippen molar-refractivity contribution in [3.63, 3.8) is 0 Å². The Balaban J connectivity index is 1.89. The van der Waals surface area contributed by atoms with Crippen molar-refractivity contribution in [2.75, 3.05) is 24.4 Å². The normalized spacial score (nSPS) is 16.8. The molecule has 14 nitrogen and oxygen atoms in total. The molecule has 47 heavy (non-hydrogen) atoms. The number of alkyl halides is 1. The summed E-state index contributed by atoms with van der Waals surface area (Å²) in [5.74, 6) is -5.15. The van der Waals surface area contributed by atoms with Crippen LogP contribution in [-0.4, -0.2) is 97.4 Å². The molecular formula is C31H41ClN6O8S. The molecule has 0 saturated carbocycles. The van der Waals surface area contributed by atoms with Gasteiger partial charge in [0, 0.05) is 25.6 Å². The van der Waals surface area contributed by atoms with Gasteiger partial charge in [-0.2, -0.15) is 0 Å². The molecule has 0 radical (unpaired) electrons. The number of rotatable bonds is 16. The number of benzene rings is 2. The van der Waals surface area contributed by atoms with E-state index in [0.29, 0.717) is 18.4 Å². The number of hydrogen-bond acceptors (Lipinski definition) is 8. The highest BCUT2D eigenvalue weighted by atomic mass is 35.5. The van der Waals surface area contributed by atoms with Crippen molar-refractivity contribution in [2.45, 2.75) is 69.1 Å². The lowest BCUT2D eigenvalue weighted by Gasteiger charge is -2.37. The number of halogens is 1. The van der Waals surface area contributed by atoms with E-state index < -0.39 is 75.3 Å². The van der Waals surface area contributed by atoms with E-state index in [1.54, 1.807) is 6.07 Å². The standard InChI is InChI=1S/C31H41ClN6O8S/c1-47(45,46)15-13-23(35-27(40)18-32)31(44)38-14-5-4-8-25(38)30(43)37-24(29(42)36-22(28(34)41)11-12-26(33)39)17-19-9-10-20-6-2-3-7-21(20)16-19/h2-3,6-7,9-10,16,22-25H,4-5,8,11-15,17-18H2,1H3,(H2,33,39)(H2,34,41)(H,35,40)(H,36,42)(H,37,43)/t22?,23?,24?,25-/m0/s1. The Kier molecular flexibility index (Phi) is 13.5. The molecule has 256 valence electrons. The Bertz CT molecular complexity index is 1600. The highest BCUT2D eigenvalue weighted by Crippen LogP contribution is 2.21. The van der Waals surface area contributed by atoms with Gasteiger partial charge in [0.15, 0.2) is 0 Å². The number of amides is 6. The van der Waals surface area contributed by atoms with E-state index in [1.807, 2.05) is 36.4 Å². The average Bonchev–Trinajstić information content (AvgIpc) is 3.03. The minimum atomic E-state index is -3.49. The van der Waals surface area contributed by atoms with Crippen LogP contribution in [0.25, 0.3) is 10.8 Å². The van der Waals surface area contributed by atoms with Crippen LogP contribution < -0.4 is 27.4 Å². The molecule has 6 amide bonds. The summed E-state index contributed by atoms with van der Waals surface area (Å²) in [5.41, 5.74) is 11.4. The van der Waals surface area contributed by atoms with Gasteiger partial charge in [-0.25, -0.2) is 8.42 Å². The zero-order valence-electron chi connectivity index (χ0n) is 26.1. The van der Waals surface area contributed by atoms with Crippen LogP contribution in [0.2, 0.25) is 0 Å². The first-order valence-corrected chi connectivity index (χ1v) is 17.8. The summed E-state index contributed by atoms with van der Waals surface area (Å²) in [6, 6.07) is 8.35. The number of sulfone groups is 1. The monoisotopic (exact) mass is 692 g/mol. The van der Waals surface area contributed by atoms with E-state index >= 15 is 0 Å². The van der Waals surface area contributed by atoms with Crippen molar-refractivity contribution >= 4 is 67.7 Å². The van der Waals surface area contributed by atoms with Gasteiger partial charge in [-0.05, 0) is 48.4 Å². The van der Waals surface area contributed by atoms with Crippen molar-refractivity contribution in [1.82, 2.24) is 20.9 Å². The molecule has 1 saturated heterocycles. The Hall–Kier alpha value is -4.24. The summed E-state index contributed by atoms with van der Waals surface area (Å²) in [6.07, 6.45) is 1.82. The van der Waals surface area contributed by atoms with Crippen molar-refractivity contribution in [3.05, 3.63) is 48.0 Å². The highest BCUT2D eigenvalue weighted by molar-refractivity contribution is 7.90. The number of carbonyl (C=O) groups is 6. The first kappa shape index (κ1) is 37.2. The molecule has 7 N–H and O–H groups in total. The fraction of sp³-hybridized carbons (Fsp3) is 0.484. The van der Waals surface area contributed by atoms with Crippen molar-refractivity contribution in [1.29, 1.82) is 0 Å². The molecule has 2 aromatic carbocycles. The maximum absolute atomic E-state index is 13.8. The minimum absolute atomic E-state index is 0.00708. The van der Waals surface area contributed by atoms with Crippen LogP contribution in [0.5, 0.6) is 0 Å². The number of carbonyl (C=O) groups excluding carboxylic acids is 6. The second-order valence-corrected chi connectivity index (χ2v) is 14.2. The lowest BCUT2D eigenvalue weighted by molar-refractivity contribution is -0.145. The first-order chi connectivity index (χ1) is 22.2. The zero-order valence-corrected chi connectivity index (χ0v) is 27.6. The Morgan fingerprint density at radius 2 is 1.62 bits per heavy atom. The largest absolute Gasteiger partial charge is 0.370 e. The smallest absolute Gasteiger partial charge is 0.245 e. The second-order valence-electron chi connectivity index (χ2n) is 11.6. The molecule has 2 aromatic rings. The Morgan fingerprint density at radius 1 is 0.915 bits per heavy atom. The van der Waals surface area contributed by atoms with Crippen molar-refractivity contribution in [3.8, 4) is 0 Å². The van der Waals surface area contributed by atoms with Crippen LogP contribution in [0.4, 0.5) is 0 Å². The number of piperidine rings is 1. The quantitative estimate of drug-likeness (QED) is 0.146. The summed E-state index contributed by atoms with van der Waals surface area (Å²) in [4.78, 5) is 77.9. The van der Waals surface area contributed by atoms with Crippen LogP contribution in [0, 0.1) is 0 Å². The number of nitrogens with one attached hydrogen (secondary N) is 3. The SMILES string of the molecule is CS(=O)(=O)CCC(NC(=O)CCl)C(=O)N1CCCC[C@H]1C(=O)NC(Cc1ccc2ccccc2c1)C(=O)NC(CCC(N)=O)C(N)=O. The minimum Gasteiger partial charge on any atom is -0.370 e. The Labute approximate surface area is 278 Å². The number of nitrogens with two attached hydrogens (primary N) is 2. The predicted octanol–water partition coefficient (Wildman–Crippen LogP) is -0.358. The van der Waals surface area contributed by atoms with Crippen LogP contribution in [-0.2, 0) is 45.0 Å². The van der Waals surface area contributed by atoms with Gasteiger partial charge in [0.25, 0.3) is 0 Å². The fourth-order valence-corrected chi connectivity index (χ4v) is 6.15. The van der Waals surface area contributed by atoms with Crippen molar-refractivity contribution < 1.29 is 37.2 Å². The van der Waals surface area contributed by atoms with Crippen LogP contribution in [0.1, 0.15) is 44.1 Å². The van der Waals surface area contributed by atoms with Gasteiger partial charge in [0.05, 0.1) is 5.75 Å². The second kappa shape index (κ2) is 17.1. The molecular weight excluding hydrogens is 652 g/mol. The fourth-order valence-electron chi connectivity index (χ4n) is 5.41. The third-order valence-corrected chi connectivity index (χ3v) is 9.07. The molecule has 4 atom stereocenters. The van der Waals surface area contributed by atoms with E-state index in [-0.39, 0.29) is 44.4 Å². The molecule has 1 fully saturated rings. The Morgan fingerprint density at radius 3 is 2.26 bits per heavy atom. The van der Waals surface area contributed by atoms with Gasteiger partial charge in [0.1, 0.15) is 39.9 Å². The van der Waals surface area contributed by atoms with Crippen LogP contribution >= 0.6 is 11.6 Å². The van der Waals surface area contributed by atoms with Crippen LogP contribution in [0.3, 0.4) is 0 Å². The van der Waals surface area contributed by atoms with E-state index in [0.717, 1.165) is 17.0 Å². The highest BCUT2D eigenvalue weighted by Gasteiger charge is 2.38. The first-order valence-electron chi connectivity index (χ1n) is 15.2. The topological polar surface area (TPSA) is 228 Å². The number of fused-ring (bicyclic) bond motifs is 1. The van der Waals surface area contributed by atoms with E-state index in [4.69, 9.17) is 23.1 Å². The predicted molar refractivity (Wildman–Crippen MR) is 175 cm³/mol. The third kappa shape index (κ3) is 11.5. The summed E-state index contributed by atoms with van der Waals surface area (Å²) < 4.78 is 23.7. The van der Waals surface area contributed by atoms with Gasteiger partial charge in [0.2, 0.25) is 35.4 Å². The number of nitrogens with zero attached hydrogens (tertiary/aromatic N) is 1. The van der Waals surface area contributed by atoms with E-state index in [9.17, 15) is 37.2 Å². The summed E-state index contributed by atoms with van der Waals surface area (Å²) in [5, 5.41) is 9.56. The lowest BCUT2D eigenvalue weighted by atomic mass is 9.97. The lowest BCUT2D eigenvalue weighted by Crippen LogP contribution is -2.60. The molecule has 0 aromatic heterocycles. The summed E-state index contributed by atoms with van der Waals surface area (Å²) >= 11 is 5.62. The summed E-state index contributed by atoms with van der Waals surface area (Å²) in [7, 11) is -3.49. The molecule has 0 spiro atoms. The zero-order chi connectivity index (χ0) is 34.7. The molecule has 16 heteroatoms. The molecule has 0 bridgehead atoms.